The van der Waals surface area contributed by atoms with E-state index in [1.165, 1.54) is 10.4 Å². The molecule has 0 saturated carbocycles. The summed E-state index contributed by atoms with van der Waals surface area (Å²) in [5.74, 6) is 0.649. The fourth-order valence-electron chi connectivity index (χ4n) is 3.09. The summed E-state index contributed by atoms with van der Waals surface area (Å²) in [5.41, 5.74) is 7.72. The van der Waals surface area contributed by atoms with E-state index in [0.29, 0.717) is 17.5 Å². The molecule has 2 N–H and O–H groups in total. The van der Waals surface area contributed by atoms with Crippen LogP contribution in [0, 0.1) is 0 Å². The Labute approximate surface area is 146 Å². The lowest BCUT2D eigenvalue weighted by Gasteiger charge is -2.33. The number of nitrogens with zero attached hydrogens (tertiary/aromatic N) is 1. The van der Waals surface area contributed by atoms with E-state index in [2.05, 4.69) is 23.3 Å². The lowest BCUT2D eigenvalue weighted by Crippen LogP contribution is -2.32. The zero-order valence-corrected chi connectivity index (χ0v) is 14.8. The Kier molecular flexibility index (Phi) is 5.06. The zero-order chi connectivity index (χ0) is 17.1. The number of hydrogen-bond donors (Lipinski definition) is 1. The van der Waals surface area contributed by atoms with Gasteiger partial charge in [-0.15, -0.1) is 11.3 Å². The van der Waals surface area contributed by atoms with Gasteiger partial charge in [0, 0.05) is 24.0 Å². The topological polar surface area (TPSA) is 64.8 Å². The van der Waals surface area contributed by atoms with E-state index in [1.54, 1.807) is 7.11 Å². The van der Waals surface area contributed by atoms with Crippen molar-refractivity contribution in [3.8, 4) is 11.5 Å². The number of thiophene rings is 1. The molecule has 1 aromatic heterocycles. The smallest absolute Gasteiger partial charge is 0.255 e. The summed E-state index contributed by atoms with van der Waals surface area (Å²) in [5, 5.41) is 2.18. The molecule has 0 spiro atoms. The number of carbonyl (C=O) groups excluding carboxylic acids is 1. The van der Waals surface area contributed by atoms with Crippen LogP contribution in [0.5, 0.6) is 11.5 Å². The highest BCUT2D eigenvalue weighted by Gasteiger charge is 2.24. The molecule has 0 saturated heterocycles. The maximum absolute atomic E-state index is 10.9. The Hall–Kier alpha value is -2.05. The van der Waals surface area contributed by atoms with Gasteiger partial charge in [0.2, 0.25) is 0 Å². The third-order valence-electron chi connectivity index (χ3n) is 4.39. The van der Waals surface area contributed by atoms with Crippen LogP contribution in [0.15, 0.2) is 29.6 Å². The van der Waals surface area contributed by atoms with E-state index < -0.39 is 5.91 Å². The predicted molar refractivity (Wildman–Crippen MR) is 94.5 cm³/mol. The van der Waals surface area contributed by atoms with E-state index in [9.17, 15) is 4.79 Å². The Morgan fingerprint density at radius 2 is 2.21 bits per heavy atom. The first kappa shape index (κ1) is 16.8. The van der Waals surface area contributed by atoms with E-state index in [0.717, 1.165) is 25.1 Å². The van der Waals surface area contributed by atoms with Gasteiger partial charge >= 0.3 is 0 Å². The first-order chi connectivity index (χ1) is 11.6. The lowest BCUT2D eigenvalue weighted by atomic mass is 10.0. The van der Waals surface area contributed by atoms with Gasteiger partial charge in [0.1, 0.15) is 0 Å². The number of nitrogens with two attached hydrogens (primary N) is 1. The van der Waals surface area contributed by atoms with Gasteiger partial charge in [-0.25, -0.2) is 0 Å². The average molecular weight is 346 g/mol. The Morgan fingerprint density at radius 1 is 1.38 bits per heavy atom. The summed E-state index contributed by atoms with van der Waals surface area (Å²) in [6.07, 6.45) is 1.11. The molecule has 1 amide bonds. The maximum Gasteiger partial charge on any atom is 0.255 e. The van der Waals surface area contributed by atoms with Crippen LogP contribution in [0.3, 0.4) is 0 Å². The number of ether oxygens (including phenoxy) is 2. The molecule has 5 nitrogen and oxygen atoms in total. The minimum atomic E-state index is -0.505. The van der Waals surface area contributed by atoms with Crippen molar-refractivity contribution in [3.63, 3.8) is 0 Å². The zero-order valence-electron chi connectivity index (χ0n) is 14.0. The summed E-state index contributed by atoms with van der Waals surface area (Å²) in [6.45, 7) is 4.01. The molecule has 24 heavy (non-hydrogen) atoms. The van der Waals surface area contributed by atoms with Crippen molar-refractivity contribution < 1.29 is 14.3 Å². The quantitative estimate of drug-likeness (QED) is 0.873. The summed E-state index contributed by atoms with van der Waals surface area (Å²) in [6, 6.07) is 8.46. The van der Waals surface area contributed by atoms with Gasteiger partial charge in [-0.2, -0.15) is 0 Å². The molecule has 1 aliphatic rings. The fourth-order valence-corrected chi connectivity index (χ4v) is 4.05. The normalized spacial score (nSPS) is 17.3. The number of amides is 1. The molecule has 2 heterocycles. The molecule has 0 radical (unpaired) electrons. The molecule has 0 bridgehead atoms. The first-order valence-electron chi connectivity index (χ1n) is 7.97. The SMILES string of the molecule is COc1cc(CN2CCc3sccc3[C@@H]2C)ccc1OCC(N)=O. The molecule has 0 unspecified atom stereocenters. The largest absolute Gasteiger partial charge is 0.493 e. The number of methoxy groups -OCH3 is 1. The average Bonchev–Trinajstić information content (AvgIpc) is 3.05. The Balaban J connectivity index is 1.72. The molecule has 0 aliphatic carbocycles. The molecular weight excluding hydrogens is 324 g/mol. The van der Waals surface area contributed by atoms with Crippen LogP contribution < -0.4 is 15.2 Å². The van der Waals surface area contributed by atoms with Crippen LogP contribution in [-0.2, 0) is 17.8 Å². The Bertz CT molecular complexity index is 729. The number of fused-ring (bicyclic) bond motifs is 1. The van der Waals surface area contributed by atoms with Crippen LogP contribution in [-0.4, -0.2) is 31.1 Å². The number of benzene rings is 1. The molecule has 1 atom stereocenters. The summed E-state index contributed by atoms with van der Waals surface area (Å²) in [7, 11) is 1.59. The summed E-state index contributed by atoms with van der Waals surface area (Å²) in [4.78, 5) is 14.8. The third-order valence-corrected chi connectivity index (χ3v) is 5.38. The van der Waals surface area contributed by atoms with Crippen molar-refractivity contribution in [2.75, 3.05) is 20.3 Å². The van der Waals surface area contributed by atoms with E-state index in [4.69, 9.17) is 15.2 Å². The summed E-state index contributed by atoms with van der Waals surface area (Å²) >= 11 is 1.85. The molecule has 6 heteroatoms. The van der Waals surface area contributed by atoms with Crippen LogP contribution >= 0.6 is 11.3 Å². The molecular formula is C18H22N2O3S. The number of rotatable bonds is 6. The van der Waals surface area contributed by atoms with E-state index in [-0.39, 0.29) is 6.61 Å². The minimum Gasteiger partial charge on any atom is -0.493 e. The van der Waals surface area contributed by atoms with Crippen LogP contribution in [0.1, 0.15) is 29.0 Å². The molecule has 2 aromatic rings. The standard InChI is InChI=1S/C18H22N2O3S/c1-12-14-6-8-24-17(14)5-7-20(12)10-13-3-4-15(16(9-13)22-2)23-11-18(19)21/h3-4,6,8-9,12H,5,7,10-11H2,1-2H3,(H2,19,21)/t12-/m0/s1. The van der Waals surface area contributed by atoms with Gasteiger partial charge in [-0.1, -0.05) is 6.07 Å². The van der Waals surface area contributed by atoms with Crippen molar-refractivity contribution in [2.45, 2.75) is 25.9 Å². The molecule has 0 fully saturated rings. The second-order valence-corrected chi connectivity index (χ2v) is 6.94. The van der Waals surface area contributed by atoms with Crippen LogP contribution in [0.25, 0.3) is 0 Å². The predicted octanol–water partition coefficient (Wildman–Crippen LogP) is 2.74. The number of carbonyl (C=O) groups is 1. The lowest BCUT2D eigenvalue weighted by molar-refractivity contribution is -0.119. The van der Waals surface area contributed by atoms with Gasteiger partial charge in [0.05, 0.1) is 7.11 Å². The molecule has 128 valence electrons. The molecule has 1 aliphatic heterocycles. The van der Waals surface area contributed by atoms with Crippen LogP contribution in [0.2, 0.25) is 0 Å². The monoisotopic (exact) mass is 346 g/mol. The van der Waals surface area contributed by atoms with Crippen molar-refractivity contribution >= 4 is 17.2 Å². The first-order valence-corrected chi connectivity index (χ1v) is 8.84. The van der Waals surface area contributed by atoms with Crippen molar-refractivity contribution in [1.82, 2.24) is 4.90 Å². The van der Waals surface area contributed by atoms with Gasteiger partial charge in [-0.05, 0) is 48.1 Å². The van der Waals surface area contributed by atoms with Crippen molar-refractivity contribution in [2.24, 2.45) is 5.73 Å². The molecule has 1 aromatic carbocycles. The number of hydrogen-bond acceptors (Lipinski definition) is 5. The van der Waals surface area contributed by atoms with Crippen molar-refractivity contribution in [3.05, 3.63) is 45.6 Å². The van der Waals surface area contributed by atoms with Crippen LogP contribution in [0.4, 0.5) is 0 Å². The minimum absolute atomic E-state index is 0.153. The third kappa shape index (κ3) is 3.55. The molecule has 3 rings (SSSR count). The highest BCUT2D eigenvalue weighted by atomic mass is 32.1. The maximum atomic E-state index is 10.9. The number of primary amides is 1. The highest BCUT2D eigenvalue weighted by molar-refractivity contribution is 7.10. The van der Waals surface area contributed by atoms with Gasteiger partial charge in [-0.3, -0.25) is 9.69 Å². The highest BCUT2D eigenvalue weighted by Crippen LogP contribution is 2.35. The summed E-state index contributed by atoms with van der Waals surface area (Å²) < 4.78 is 10.8. The van der Waals surface area contributed by atoms with Gasteiger partial charge in [0.15, 0.2) is 18.1 Å². The fraction of sp³-hybridized carbons (Fsp3) is 0.389. The van der Waals surface area contributed by atoms with Gasteiger partial charge < -0.3 is 15.2 Å². The van der Waals surface area contributed by atoms with Gasteiger partial charge in [0.25, 0.3) is 5.91 Å². The second kappa shape index (κ2) is 7.23. The van der Waals surface area contributed by atoms with E-state index in [1.807, 2.05) is 29.5 Å². The van der Waals surface area contributed by atoms with Crippen molar-refractivity contribution in [1.29, 1.82) is 0 Å². The van der Waals surface area contributed by atoms with E-state index >= 15 is 0 Å². The second-order valence-electron chi connectivity index (χ2n) is 5.94. The Morgan fingerprint density at radius 3 is 2.96 bits per heavy atom.